The lowest BCUT2D eigenvalue weighted by Gasteiger charge is -2.36. The summed E-state index contributed by atoms with van der Waals surface area (Å²) in [4.78, 5) is 25.3. The fraction of sp³-hybridized carbons (Fsp3) is 0.571. The zero-order valence-electron chi connectivity index (χ0n) is 23.2. The van der Waals surface area contributed by atoms with Crippen LogP contribution in [0.4, 0.5) is 15.0 Å². The van der Waals surface area contributed by atoms with Gasteiger partial charge in [0.15, 0.2) is 5.82 Å². The Hall–Kier alpha value is -3.31. The number of aromatic nitrogens is 4. The van der Waals surface area contributed by atoms with Gasteiger partial charge in [-0.15, -0.1) is 0 Å². The molecule has 2 saturated heterocycles. The summed E-state index contributed by atoms with van der Waals surface area (Å²) < 4.78 is 28.4. The third kappa shape index (κ3) is 5.84. The zero-order chi connectivity index (χ0) is 27.9. The first-order valence-electron chi connectivity index (χ1n) is 13.5. The van der Waals surface area contributed by atoms with Gasteiger partial charge >= 0.3 is 6.09 Å². The molecule has 4 heterocycles. The van der Waals surface area contributed by atoms with Crippen LogP contribution in [-0.2, 0) is 9.47 Å². The molecule has 2 aliphatic heterocycles. The van der Waals surface area contributed by atoms with E-state index >= 15 is 4.39 Å². The summed E-state index contributed by atoms with van der Waals surface area (Å²) in [6.45, 7) is 11.3. The second kappa shape index (κ2) is 10.7. The molecule has 1 amide bonds. The zero-order valence-corrected chi connectivity index (χ0v) is 23.2. The van der Waals surface area contributed by atoms with E-state index in [1.165, 1.54) is 4.90 Å². The number of amides is 1. The molecule has 210 valence electrons. The standard InChI is InChI=1S/C28H37FN6O4/c1-17-10-19-13-30-35(26-12-25(31-18(2)32-26)33-8-9-38-20(14-33)16-36)24(19)11-22(17)21-6-7-34(15-23(21)29)27(37)39-28(3,4)5/h10-13,20-21,23,36H,6-9,14-16H2,1-5H3/t20-,21?,23?/m0/s1. The van der Waals surface area contributed by atoms with Crippen molar-refractivity contribution < 1.29 is 23.8 Å². The number of alkyl halides is 1. The van der Waals surface area contributed by atoms with Gasteiger partial charge in [-0.05, 0) is 64.3 Å². The van der Waals surface area contributed by atoms with Gasteiger partial charge in [0.25, 0.3) is 0 Å². The number of hydrogen-bond acceptors (Lipinski definition) is 8. The first kappa shape index (κ1) is 27.3. The molecule has 1 aromatic carbocycles. The smallest absolute Gasteiger partial charge is 0.410 e. The van der Waals surface area contributed by atoms with Crippen molar-refractivity contribution in [2.45, 2.75) is 64.8 Å². The predicted octanol–water partition coefficient (Wildman–Crippen LogP) is 3.69. The van der Waals surface area contributed by atoms with E-state index in [0.717, 1.165) is 27.8 Å². The van der Waals surface area contributed by atoms with Gasteiger partial charge in [-0.25, -0.2) is 23.8 Å². The van der Waals surface area contributed by atoms with Crippen molar-refractivity contribution in [1.29, 1.82) is 0 Å². The molecule has 2 unspecified atom stereocenters. The van der Waals surface area contributed by atoms with Gasteiger partial charge in [-0.3, -0.25) is 0 Å². The van der Waals surface area contributed by atoms with E-state index in [4.69, 9.17) is 9.47 Å². The molecular formula is C28H37FN6O4. The molecule has 3 atom stereocenters. The number of carbonyl (C=O) groups excluding carboxylic acids is 1. The Kier molecular flexibility index (Phi) is 7.47. The van der Waals surface area contributed by atoms with Crippen molar-refractivity contribution in [2.75, 3.05) is 44.3 Å². The van der Waals surface area contributed by atoms with Crippen LogP contribution in [0.2, 0.25) is 0 Å². The highest BCUT2D eigenvalue weighted by atomic mass is 19.1. The second-order valence-corrected chi connectivity index (χ2v) is 11.4. The van der Waals surface area contributed by atoms with Crippen molar-refractivity contribution in [2.24, 2.45) is 0 Å². The summed E-state index contributed by atoms with van der Waals surface area (Å²) in [6.07, 6.45) is 0.337. The second-order valence-electron chi connectivity index (χ2n) is 11.4. The highest BCUT2D eigenvalue weighted by molar-refractivity contribution is 5.82. The number of ether oxygens (including phenoxy) is 2. The minimum atomic E-state index is -1.22. The number of aliphatic hydroxyl groups is 1. The average molecular weight is 541 g/mol. The van der Waals surface area contributed by atoms with Gasteiger partial charge in [0, 0.05) is 37.0 Å². The van der Waals surface area contributed by atoms with Gasteiger partial charge in [-0.2, -0.15) is 5.10 Å². The number of morpholine rings is 1. The number of aliphatic hydroxyl groups excluding tert-OH is 1. The maximum absolute atomic E-state index is 15.6. The van der Waals surface area contributed by atoms with Gasteiger partial charge in [0.2, 0.25) is 0 Å². The van der Waals surface area contributed by atoms with Gasteiger partial charge < -0.3 is 24.4 Å². The SMILES string of the molecule is Cc1nc(N2CCO[C@H](CO)C2)cc(-n2ncc3cc(C)c(C4CCN(C(=O)OC(C)(C)C)CC4F)cc32)n1. The van der Waals surface area contributed by atoms with Crippen molar-refractivity contribution >= 4 is 22.8 Å². The number of aryl methyl sites for hydroxylation is 2. The van der Waals surface area contributed by atoms with Crippen LogP contribution in [0, 0.1) is 13.8 Å². The minimum Gasteiger partial charge on any atom is -0.444 e. The van der Waals surface area contributed by atoms with Crippen molar-refractivity contribution in [3.8, 4) is 5.82 Å². The number of fused-ring (bicyclic) bond motifs is 1. The number of rotatable bonds is 4. The van der Waals surface area contributed by atoms with Crippen LogP contribution < -0.4 is 4.90 Å². The van der Waals surface area contributed by atoms with Crippen LogP contribution in [0.25, 0.3) is 16.7 Å². The van der Waals surface area contributed by atoms with E-state index in [-0.39, 0.29) is 25.2 Å². The lowest BCUT2D eigenvalue weighted by molar-refractivity contribution is 0.00335. The Morgan fingerprint density at radius 2 is 1.92 bits per heavy atom. The highest BCUT2D eigenvalue weighted by Crippen LogP contribution is 2.35. The Bertz CT molecular complexity index is 1360. The largest absolute Gasteiger partial charge is 0.444 e. The van der Waals surface area contributed by atoms with E-state index in [1.807, 2.05) is 32.0 Å². The first-order chi connectivity index (χ1) is 18.5. The van der Waals surface area contributed by atoms with E-state index < -0.39 is 17.9 Å². The lowest BCUT2D eigenvalue weighted by Crippen LogP contribution is -2.46. The van der Waals surface area contributed by atoms with Crippen molar-refractivity contribution in [3.05, 3.63) is 41.3 Å². The number of halogens is 1. The van der Waals surface area contributed by atoms with Gasteiger partial charge in [0.05, 0.1) is 37.6 Å². The predicted molar refractivity (Wildman–Crippen MR) is 145 cm³/mol. The highest BCUT2D eigenvalue weighted by Gasteiger charge is 2.35. The molecule has 0 aliphatic carbocycles. The normalized spacial score (nSPS) is 22.4. The minimum absolute atomic E-state index is 0.000826. The molecule has 2 fully saturated rings. The molecule has 10 nitrogen and oxygen atoms in total. The fourth-order valence-corrected chi connectivity index (χ4v) is 5.38. The quantitative estimate of drug-likeness (QED) is 0.534. The summed E-state index contributed by atoms with van der Waals surface area (Å²) in [5.74, 6) is 1.62. The number of nitrogens with zero attached hydrogens (tertiary/aromatic N) is 6. The number of carbonyl (C=O) groups is 1. The molecule has 11 heteroatoms. The topological polar surface area (TPSA) is 106 Å². The van der Waals surface area contributed by atoms with Crippen LogP contribution in [0.5, 0.6) is 0 Å². The molecule has 39 heavy (non-hydrogen) atoms. The van der Waals surface area contributed by atoms with Crippen LogP contribution in [-0.4, -0.2) is 93.1 Å². The van der Waals surface area contributed by atoms with E-state index in [2.05, 4.69) is 20.0 Å². The van der Waals surface area contributed by atoms with Crippen LogP contribution >= 0.6 is 0 Å². The third-order valence-corrected chi connectivity index (χ3v) is 7.24. The number of likely N-dealkylation sites (tertiary alicyclic amines) is 1. The monoisotopic (exact) mass is 540 g/mol. The average Bonchev–Trinajstić information content (AvgIpc) is 3.29. The summed E-state index contributed by atoms with van der Waals surface area (Å²) in [5, 5.41) is 15.1. The molecule has 0 radical (unpaired) electrons. The molecule has 0 spiro atoms. The molecule has 1 N–H and O–H groups in total. The van der Waals surface area contributed by atoms with Crippen LogP contribution in [0.1, 0.15) is 50.1 Å². The lowest BCUT2D eigenvalue weighted by atomic mass is 9.85. The van der Waals surface area contributed by atoms with Crippen LogP contribution in [0.15, 0.2) is 24.4 Å². The molecular weight excluding hydrogens is 503 g/mol. The summed E-state index contributed by atoms with van der Waals surface area (Å²) in [5.41, 5.74) is 2.10. The summed E-state index contributed by atoms with van der Waals surface area (Å²) >= 11 is 0. The van der Waals surface area contributed by atoms with E-state index in [9.17, 15) is 9.90 Å². The van der Waals surface area contributed by atoms with Crippen molar-refractivity contribution in [1.82, 2.24) is 24.6 Å². The van der Waals surface area contributed by atoms with Gasteiger partial charge in [-0.1, -0.05) is 0 Å². The molecule has 0 saturated carbocycles. The Balaban J connectivity index is 1.43. The maximum Gasteiger partial charge on any atom is 0.410 e. The Morgan fingerprint density at radius 3 is 2.64 bits per heavy atom. The molecule has 3 aromatic rings. The first-order valence-corrected chi connectivity index (χ1v) is 13.5. The summed E-state index contributed by atoms with van der Waals surface area (Å²) in [6, 6.07) is 5.92. The number of benzene rings is 1. The number of piperidine rings is 1. The molecule has 0 bridgehead atoms. The molecule has 5 rings (SSSR count). The third-order valence-electron chi connectivity index (χ3n) is 7.24. The fourth-order valence-electron chi connectivity index (χ4n) is 5.38. The number of anilines is 1. The van der Waals surface area contributed by atoms with Crippen molar-refractivity contribution in [3.63, 3.8) is 0 Å². The van der Waals surface area contributed by atoms with Gasteiger partial charge in [0.1, 0.15) is 23.4 Å². The summed E-state index contributed by atoms with van der Waals surface area (Å²) in [7, 11) is 0. The van der Waals surface area contributed by atoms with E-state index in [0.29, 0.717) is 44.3 Å². The number of hydrogen-bond donors (Lipinski definition) is 1. The Labute approximate surface area is 227 Å². The Morgan fingerprint density at radius 1 is 1.15 bits per heavy atom. The molecule has 2 aliphatic rings. The maximum atomic E-state index is 15.6. The van der Waals surface area contributed by atoms with E-state index in [1.54, 1.807) is 31.6 Å². The van der Waals surface area contributed by atoms with Crippen LogP contribution in [0.3, 0.4) is 0 Å². The molecule has 2 aromatic heterocycles.